The third-order valence-corrected chi connectivity index (χ3v) is 3.58. The Hall–Kier alpha value is -1.30. The molecule has 1 rings (SSSR count). The number of carbonyl (C=O) groups excluding carboxylic acids is 1. The molecular formula is C14H26N2O4. The highest BCUT2D eigenvalue weighted by Crippen LogP contribution is 2.22. The van der Waals surface area contributed by atoms with E-state index in [0.29, 0.717) is 18.9 Å². The van der Waals surface area contributed by atoms with Crippen LogP contribution in [0.1, 0.15) is 40.0 Å². The number of hydrogen-bond donors (Lipinski definition) is 3. The third-order valence-electron chi connectivity index (χ3n) is 3.58. The van der Waals surface area contributed by atoms with E-state index in [1.165, 1.54) is 0 Å². The van der Waals surface area contributed by atoms with Gasteiger partial charge in [-0.25, -0.2) is 9.59 Å². The second-order valence-electron chi connectivity index (χ2n) is 5.74. The number of carbonyl (C=O) groups is 2. The van der Waals surface area contributed by atoms with Crippen molar-refractivity contribution in [1.29, 1.82) is 0 Å². The molecule has 1 aliphatic rings. The number of ether oxygens (including phenoxy) is 1. The minimum Gasteiger partial charge on any atom is -0.480 e. The molecule has 0 saturated carbocycles. The van der Waals surface area contributed by atoms with Gasteiger partial charge in [0.15, 0.2) is 0 Å². The van der Waals surface area contributed by atoms with Gasteiger partial charge in [-0.1, -0.05) is 20.8 Å². The monoisotopic (exact) mass is 286 g/mol. The van der Waals surface area contributed by atoms with Crippen LogP contribution in [0.4, 0.5) is 4.79 Å². The SMILES string of the molecule is CCC1OCCC1CNC(=O)N[C@@H](CC(C)C)C(=O)O. The fourth-order valence-corrected chi connectivity index (χ4v) is 2.50. The van der Waals surface area contributed by atoms with Gasteiger partial charge in [-0.05, 0) is 25.2 Å². The summed E-state index contributed by atoms with van der Waals surface area (Å²) in [5.74, 6) is -0.465. The molecule has 1 aliphatic heterocycles. The van der Waals surface area contributed by atoms with Gasteiger partial charge in [-0.15, -0.1) is 0 Å². The van der Waals surface area contributed by atoms with Crippen LogP contribution in [0.15, 0.2) is 0 Å². The molecule has 116 valence electrons. The number of hydrogen-bond acceptors (Lipinski definition) is 3. The highest BCUT2D eigenvalue weighted by molar-refractivity contribution is 5.82. The Labute approximate surface area is 120 Å². The Morgan fingerprint density at radius 2 is 2.10 bits per heavy atom. The van der Waals surface area contributed by atoms with E-state index < -0.39 is 18.0 Å². The van der Waals surface area contributed by atoms with Gasteiger partial charge in [0.1, 0.15) is 6.04 Å². The Kier molecular flexibility index (Phi) is 6.78. The quantitative estimate of drug-likeness (QED) is 0.663. The molecule has 0 spiro atoms. The zero-order chi connectivity index (χ0) is 15.1. The van der Waals surface area contributed by atoms with Crippen LogP contribution in [-0.2, 0) is 9.53 Å². The minimum atomic E-state index is -0.996. The Morgan fingerprint density at radius 3 is 2.65 bits per heavy atom. The molecule has 0 bridgehead atoms. The van der Waals surface area contributed by atoms with Gasteiger partial charge in [0.05, 0.1) is 6.10 Å². The Bertz CT molecular complexity index is 333. The number of amides is 2. The lowest BCUT2D eigenvalue weighted by molar-refractivity contribution is -0.139. The highest BCUT2D eigenvalue weighted by atomic mass is 16.5. The van der Waals surface area contributed by atoms with E-state index in [0.717, 1.165) is 19.4 Å². The summed E-state index contributed by atoms with van der Waals surface area (Å²) in [6, 6.07) is -1.25. The average Bonchev–Trinajstić information content (AvgIpc) is 2.82. The van der Waals surface area contributed by atoms with Gasteiger partial charge in [0.2, 0.25) is 0 Å². The maximum absolute atomic E-state index is 11.8. The van der Waals surface area contributed by atoms with Crippen molar-refractivity contribution in [2.75, 3.05) is 13.2 Å². The topological polar surface area (TPSA) is 87.7 Å². The normalized spacial score (nSPS) is 23.6. The molecule has 6 nitrogen and oxygen atoms in total. The van der Waals surface area contributed by atoms with Gasteiger partial charge >= 0.3 is 12.0 Å². The molecule has 20 heavy (non-hydrogen) atoms. The number of aliphatic carboxylic acids is 1. The van der Waals surface area contributed by atoms with Crippen molar-refractivity contribution in [2.24, 2.45) is 11.8 Å². The lowest BCUT2D eigenvalue weighted by Crippen LogP contribution is -2.48. The summed E-state index contributed by atoms with van der Waals surface area (Å²) in [6.45, 7) is 7.18. The van der Waals surface area contributed by atoms with Crippen LogP contribution in [-0.4, -0.2) is 42.4 Å². The van der Waals surface area contributed by atoms with Gasteiger partial charge in [-0.2, -0.15) is 0 Å². The molecule has 0 aromatic heterocycles. The zero-order valence-electron chi connectivity index (χ0n) is 12.5. The van der Waals surface area contributed by atoms with E-state index >= 15 is 0 Å². The third kappa shape index (κ3) is 5.36. The van der Waals surface area contributed by atoms with Gasteiger partial charge < -0.3 is 20.5 Å². The Balaban J connectivity index is 2.36. The Morgan fingerprint density at radius 1 is 1.40 bits per heavy atom. The lowest BCUT2D eigenvalue weighted by atomic mass is 10.00. The van der Waals surface area contributed by atoms with Gasteiger partial charge in [0, 0.05) is 19.1 Å². The van der Waals surface area contributed by atoms with Gasteiger partial charge in [0.25, 0.3) is 0 Å². The average molecular weight is 286 g/mol. The first-order chi connectivity index (χ1) is 9.43. The first-order valence-corrected chi connectivity index (χ1v) is 7.32. The van der Waals surface area contributed by atoms with Gasteiger partial charge in [-0.3, -0.25) is 0 Å². The van der Waals surface area contributed by atoms with Crippen molar-refractivity contribution < 1.29 is 19.4 Å². The second kappa shape index (κ2) is 8.09. The predicted molar refractivity (Wildman–Crippen MR) is 75.6 cm³/mol. The molecule has 1 heterocycles. The van der Waals surface area contributed by atoms with E-state index in [1.807, 2.05) is 13.8 Å². The first kappa shape index (κ1) is 16.8. The van der Waals surface area contributed by atoms with E-state index in [4.69, 9.17) is 9.84 Å². The lowest BCUT2D eigenvalue weighted by Gasteiger charge is -2.20. The van der Waals surface area contributed by atoms with E-state index in [1.54, 1.807) is 0 Å². The predicted octanol–water partition coefficient (Wildman–Crippen LogP) is 1.60. The van der Waals surface area contributed by atoms with Crippen molar-refractivity contribution in [3.8, 4) is 0 Å². The molecule has 3 atom stereocenters. The molecule has 6 heteroatoms. The van der Waals surface area contributed by atoms with Crippen molar-refractivity contribution in [2.45, 2.75) is 52.2 Å². The van der Waals surface area contributed by atoms with Crippen LogP contribution in [0, 0.1) is 11.8 Å². The van der Waals surface area contributed by atoms with E-state index in [9.17, 15) is 9.59 Å². The van der Waals surface area contributed by atoms with Crippen LogP contribution in [0.2, 0.25) is 0 Å². The van der Waals surface area contributed by atoms with Crippen molar-refractivity contribution in [1.82, 2.24) is 10.6 Å². The van der Waals surface area contributed by atoms with E-state index in [2.05, 4.69) is 17.6 Å². The summed E-state index contributed by atoms with van der Waals surface area (Å²) < 4.78 is 5.55. The number of rotatable bonds is 7. The molecule has 0 radical (unpaired) electrons. The zero-order valence-corrected chi connectivity index (χ0v) is 12.5. The standard InChI is InChI=1S/C14H26N2O4/c1-4-12-10(5-6-20-12)8-15-14(19)16-11(13(17)18)7-9(2)3/h9-12H,4-8H2,1-3H3,(H,17,18)(H2,15,16,19)/t10?,11-,12?/m0/s1. The summed E-state index contributed by atoms with van der Waals surface area (Å²) in [6.07, 6.45) is 2.49. The number of urea groups is 1. The maximum Gasteiger partial charge on any atom is 0.326 e. The molecular weight excluding hydrogens is 260 g/mol. The molecule has 0 aliphatic carbocycles. The fourth-order valence-electron chi connectivity index (χ4n) is 2.50. The summed E-state index contributed by atoms with van der Waals surface area (Å²) in [5, 5.41) is 14.3. The van der Waals surface area contributed by atoms with Crippen LogP contribution >= 0.6 is 0 Å². The molecule has 3 N–H and O–H groups in total. The summed E-state index contributed by atoms with van der Waals surface area (Å²) >= 11 is 0. The van der Waals surface area contributed by atoms with Crippen molar-refractivity contribution >= 4 is 12.0 Å². The largest absolute Gasteiger partial charge is 0.480 e. The number of carboxylic acids is 1. The maximum atomic E-state index is 11.8. The summed E-state index contributed by atoms with van der Waals surface area (Å²) in [7, 11) is 0. The second-order valence-corrected chi connectivity index (χ2v) is 5.74. The smallest absolute Gasteiger partial charge is 0.326 e. The van der Waals surface area contributed by atoms with Crippen LogP contribution in [0.3, 0.4) is 0 Å². The first-order valence-electron chi connectivity index (χ1n) is 7.32. The molecule has 2 amide bonds. The van der Waals surface area contributed by atoms with E-state index in [-0.39, 0.29) is 12.0 Å². The molecule has 0 aromatic carbocycles. The fraction of sp³-hybridized carbons (Fsp3) is 0.857. The molecule has 2 unspecified atom stereocenters. The molecule has 1 fully saturated rings. The molecule has 1 saturated heterocycles. The summed E-state index contributed by atoms with van der Waals surface area (Å²) in [4.78, 5) is 22.8. The van der Waals surface area contributed by atoms with Crippen LogP contribution in [0.5, 0.6) is 0 Å². The number of carboxylic acid groups (broad SMARTS) is 1. The molecule has 0 aromatic rings. The van der Waals surface area contributed by atoms with Crippen molar-refractivity contribution in [3.63, 3.8) is 0 Å². The number of nitrogens with one attached hydrogen (secondary N) is 2. The summed E-state index contributed by atoms with van der Waals surface area (Å²) in [5.41, 5.74) is 0. The van der Waals surface area contributed by atoms with Crippen LogP contribution < -0.4 is 10.6 Å². The highest BCUT2D eigenvalue weighted by Gasteiger charge is 2.27. The van der Waals surface area contributed by atoms with Crippen LogP contribution in [0.25, 0.3) is 0 Å². The minimum absolute atomic E-state index is 0.196. The van der Waals surface area contributed by atoms with Crippen molar-refractivity contribution in [3.05, 3.63) is 0 Å².